The van der Waals surface area contributed by atoms with E-state index in [1.54, 1.807) is 12.1 Å². The molecule has 0 aromatic heterocycles. The lowest BCUT2D eigenvalue weighted by Crippen LogP contribution is -2.35. The van der Waals surface area contributed by atoms with Gasteiger partial charge in [0.1, 0.15) is 0 Å². The normalized spacial score (nSPS) is 17.1. The summed E-state index contributed by atoms with van der Waals surface area (Å²) in [4.78, 5) is 13.2. The van der Waals surface area contributed by atoms with E-state index in [4.69, 9.17) is 10.2 Å². The largest absolute Gasteiger partial charge is 0.478 e. The van der Waals surface area contributed by atoms with Gasteiger partial charge in [-0.15, -0.1) is 0 Å². The van der Waals surface area contributed by atoms with E-state index in [0.717, 1.165) is 31.6 Å². The topological polar surface area (TPSA) is 60.8 Å². The maximum Gasteiger partial charge on any atom is 0.337 e. The van der Waals surface area contributed by atoms with Gasteiger partial charge < -0.3 is 15.1 Å². The third kappa shape index (κ3) is 2.58. The molecule has 0 spiro atoms. The van der Waals surface area contributed by atoms with E-state index >= 15 is 0 Å². The van der Waals surface area contributed by atoms with Crippen molar-refractivity contribution >= 4 is 11.7 Å². The number of hydrogen-bond acceptors (Lipinski definition) is 3. The molecule has 92 valence electrons. The first kappa shape index (κ1) is 11.9. The fourth-order valence-electron chi connectivity index (χ4n) is 2.29. The summed E-state index contributed by atoms with van der Waals surface area (Å²) >= 11 is 0. The lowest BCUT2D eigenvalue weighted by Gasteiger charge is -2.33. The number of nitrogens with zero attached hydrogens (tertiary/aromatic N) is 1. The molecule has 4 nitrogen and oxygen atoms in total. The molecule has 2 N–H and O–H groups in total. The number of carboxylic acid groups (broad SMARTS) is 1. The lowest BCUT2D eigenvalue weighted by atomic mass is 9.97. The highest BCUT2D eigenvalue weighted by Crippen LogP contribution is 2.26. The summed E-state index contributed by atoms with van der Waals surface area (Å²) in [5.74, 6) is -0.520. The number of hydrogen-bond donors (Lipinski definition) is 2. The minimum absolute atomic E-state index is 0.231. The second kappa shape index (κ2) is 5.19. The van der Waals surface area contributed by atoms with E-state index < -0.39 is 5.97 Å². The summed E-state index contributed by atoms with van der Waals surface area (Å²) in [6.07, 6.45) is 1.84. The molecule has 1 fully saturated rings. The third-order valence-corrected chi connectivity index (χ3v) is 3.35. The molecular weight excluding hydrogens is 218 g/mol. The molecule has 0 bridgehead atoms. The van der Waals surface area contributed by atoms with Crippen molar-refractivity contribution in [3.8, 4) is 0 Å². The van der Waals surface area contributed by atoms with Crippen LogP contribution in [0.4, 0.5) is 5.69 Å². The summed E-state index contributed by atoms with van der Waals surface area (Å²) in [6, 6.07) is 7.09. The zero-order valence-corrected chi connectivity index (χ0v) is 9.67. The van der Waals surface area contributed by atoms with E-state index in [1.807, 2.05) is 12.1 Å². The van der Waals surface area contributed by atoms with Crippen molar-refractivity contribution in [2.24, 2.45) is 5.92 Å². The van der Waals surface area contributed by atoms with Gasteiger partial charge in [0, 0.05) is 19.7 Å². The summed E-state index contributed by atoms with van der Waals surface area (Å²) < 4.78 is 0. The Hall–Kier alpha value is -1.55. The Bertz CT molecular complexity index is 397. The van der Waals surface area contributed by atoms with E-state index in [2.05, 4.69) is 4.90 Å². The molecule has 1 aliphatic heterocycles. The molecule has 1 aliphatic rings. The molecule has 0 saturated carbocycles. The van der Waals surface area contributed by atoms with Gasteiger partial charge in [-0.05, 0) is 30.9 Å². The molecule has 4 heteroatoms. The molecule has 1 saturated heterocycles. The van der Waals surface area contributed by atoms with Crippen LogP contribution < -0.4 is 4.90 Å². The second-order valence-corrected chi connectivity index (χ2v) is 4.44. The molecule has 0 unspecified atom stereocenters. The van der Waals surface area contributed by atoms with Crippen LogP contribution in [0.25, 0.3) is 0 Å². The van der Waals surface area contributed by atoms with Crippen molar-refractivity contribution in [2.75, 3.05) is 24.6 Å². The van der Waals surface area contributed by atoms with Crippen molar-refractivity contribution in [1.29, 1.82) is 0 Å². The van der Waals surface area contributed by atoms with Gasteiger partial charge in [-0.25, -0.2) is 4.79 Å². The van der Waals surface area contributed by atoms with Gasteiger partial charge in [0.15, 0.2) is 0 Å². The minimum atomic E-state index is -0.884. The molecule has 1 aromatic rings. The summed E-state index contributed by atoms with van der Waals surface area (Å²) in [7, 11) is 0. The third-order valence-electron chi connectivity index (χ3n) is 3.35. The number of aliphatic hydroxyl groups is 1. The number of aromatic carboxylic acids is 1. The maximum absolute atomic E-state index is 11.1. The van der Waals surface area contributed by atoms with E-state index in [9.17, 15) is 4.79 Å². The van der Waals surface area contributed by atoms with Crippen LogP contribution in [0.3, 0.4) is 0 Å². The Labute approximate surface area is 100 Å². The molecule has 1 heterocycles. The van der Waals surface area contributed by atoms with Crippen LogP contribution >= 0.6 is 0 Å². The van der Waals surface area contributed by atoms with Gasteiger partial charge in [-0.1, -0.05) is 12.1 Å². The number of rotatable bonds is 3. The summed E-state index contributed by atoms with van der Waals surface area (Å²) in [5.41, 5.74) is 1.14. The number of carbonyl (C=O) groups is 1. The first-order valence-corrected chi connectivity index (χ1v) is 5.90. The summed E-state index contributed by atoms with van der Waals surface area (Å²) in [5, 5.41) is 18.2. The Kier molecular flexibility index (Phi) is 3.64. The standard InChI is InChI=1S/C13H17NO3/c15-9-10-5-7-14(8-6-10)12-4-2-1-3-11(12)13(16)17/h1-4,10,15H,5-9H2,(H,16,17). The van der Waals surface area contributed by atoms with Crippen LogP contribution in [0.5, 0.6) is 0 Å². The van der Waals surface area contributed by atoms with Gasteiger partial charge >= 0.3 is 5.97 Å². The van der Waals surface area contributed by atoms with Gasteiger partial charge in [0.25, 0.3) is 0 Å². The minimum Gasteiger partial charge on any atom is -0.478 e. The first-order chi connectivity index (χ1) is 8.22. The zero-order valence-electron chi connectivity index (χ0n) is 9.67. The molecule has 1 aromatic carbocycles. The average Bonchev–Trinajstić information content (AvgIpc) is 2.39. The SMILES string of the molecule is O=C(O)c1ccccc1N1CCC(CO)CC1. The Morgan fingerprint density at radius 2 is 1.94 bits per heavy atom. The number of piperidine rings is 1. The monoisotopic (exact) mass is 235 g/mol. The number of aliphatic hydroxyl groups excluding tert-OH is 1. The number of para-hydroxylation sites is 1. The maximum atomic E-state index is 11.1. The molecule has 0 atom stereocenters. The smallest absolute Gasteiger partial charge is 0.337 e. The molecular formula is C13H17NO3. The molecule has 0 amide bonds. The van der Waals surface area contributed by atoms with Crippen molar-refractivity contribution < 1.29 is 15.0 Å². The van der Waals surface area contributed by atoms with Gasteiger partial charge in [-0.2, -0.15) is 0 Å². The predicted molar refractivity (Wildman–Crippen MR) is 65.4 cm³/mol. The van der Waals surface area contributed by atoms with Gasteiger partial charge in [0.05, 0.1) is 11.3 Å². The zero-order chi connectivity index (χ0) is 12.3. The van der Waals surface area contributed by atoms with Gasteiger partial charge in [-0.3, -0.25) is 0 Å². The average molecular weight is 235 g/mol. The highest BCUT2D eigenvalue weighted by atomic mass is 16.4. The highest BCUT2D eigenvalue weighted by Gasteiger charge is 2.21. The van der Waals surface area contributed by atoms with E-state index in [0.29, 0.717) is 11.5 Å². The quantitative estimate of drug-likeness (QED) is 0.835. The van der Waals surface area contributed by atoms with E-state index in [-0.39, 0.29) is 6.61 Å². The number of carboxylic acids is 1. The molecule has 2 rings (SSSR count). The highest BCUT2D eigenvalue weighted by molar-refractivity contribution is 5.94. The molecule has 0 aliphatic carbocycles. The van der Waals surface area contributed by atoms with Crippen LogP contribution in [0.2, 0.25) is 0 Å². The Morgan fingerprint density at radius 1 is 1.29 bits per heavy atom. The Balaban J connectivity index is 2.15. The first-order valence-electron chi connectivity index (χ1n) is 5.90. The Morgan fingerprint density at radius 3 is 2.53 bits per heavy atom. The van der Waals surface area contributed by atoms with Crippen molar-refractivity contribution in [3.05, 3.63) is 29.8 Å². The van der Waals surface area contributed by atoms with E-state index in [1.165, 1.54) is 0 Å². The fraction of sp³-hybridized carbons (Fsp3) is 0.462. The van der Waals surface area contributed by atoms with Crippen LogP contribution in [-0.2, 0) is 0 Å². The predicted octanol–water partition coefficient (Wildman–Crippen LogP) is 1.59. The molecule has 17 heavy (non-hydrogen) atoms. The second-order valence-electron chi connectivity index (χ2n) is 4.44. The van der Waals surface area contributed by atoms with Crippen molar-refractivity contribution in [2.45, 2.75) is 12.8 Å². The van der Waals surface area contributed by atoms with Crippen molar-refractivity contribution in [3.63, 3.8) is 0 Å². The number of anilines is 1. The van der Waals surface area contributed by atoms with Crippen LogP contribution in [-0.4, -0.2) is 35.9 Å². The summed E-state index contributed by atoms with van der Waals surface area (Å²) in [6.45, 7) is 1.86. The van der Waals surface area contributed by atoms with Crippen LogP contribution in [0.1, 0.15) is 23.2 Å². The van der Waals surface area contributed by atoms with Crippen LogP contribution in [0.15, 0.2) is 24.3 Å². The van der Waals surface area contributed by atoms with Crippen LogP contribution in [0, 0.1) is 5.92 Å². The van der Waals surface area contributed by atoms with Gasteiger partial charge in [0.2, 0.25) is 0 Å². The number of benzene rings is 1. The van der Waals surface area contributed by atoms with Crippen molar-refractivity contribution in [1.82, 2.24) is 0 Å². The fourth-order valence-corrected chi connectivity index (χ4v) is 2.29. The molecule has 0 radical (unpaired) electrons. The lowest BCUT2D eigenvalue weighted by molar-refractivity contribution is 0.0697.